The van der Waals surface area contributed by atoms with E-state index in [9.17, 15) is 4.79 Å². The Morgan fingerprint density at radius 2 is 2.29 bits per heavy atom. The molecule has 0 saturated carbocycles. The van der Waals surface area contributed by atoms with Crippen molar-refractivity contribution in [2.24, 2.45) is 0 Å². The summed E-state index contributed by atoms with van der Waals surface area (Å²) in [5, 5.41) is 3.59. The molecule has 0 aliphatic carbocycles. The van der Waals surface area contributed by atoms with Crippen LogP contribution in [0.5, 0.6) is 0 Å². The van der Waals surface area contributed by atoms with Crippen LogP contribution >= 0.6 is 0 Å². The normalized spacial score (nSPS) is 10.1. The van der Waals surface area contributed by atoms with E-state index in [0.717, 1.165) is 0 Å². The summed E-state index contributed by atoms with van der Waals surface area (Å²) in [4.78, 5) is 22.1. The maximum atomic E-state index is 10.3. The van der Waals surface area contributed by atoms with Gasteiger partial charge in [-0.3, -0.25) is 4.79 Å². The van der Waals surface area contributed by atoms with Crippen molar-refractivity contribution in [1.29, 1.82) is 0 Å². The van der Waals surface area contributed by atoms with Crippen molar-refractivity contribution < 1.29 is 9.32 Å². The first-order valence-electron chi connectivity index (χ1n) is 3.88. The molecule has 2 aromatic heterocycles. The lowest BCUT2D eigenvalue weighted by molar-refractivity contribution is 0.108. The summed E-state index contributed by atoms with van der Waals surface area (Å²) in [6.45, 7) is 1.75. The average Bonchev–Trinajstić information content (AvgIpc) is 2.66. The number of rotatable bonds is 2. The minimum Gasteiger partial charge on any atom is -0.331 e. The van der Waals surface area contributed by atoms with Gasteiger partial charge in [0.2, 0.25) is 12.1 Å². The molecule has 14 heavy (non-hydrogen) atoms. The molecule has 0 bridgehead atoms. The van der Waals surface area contributed by atoms with Gasteiger partial charge in [-0.25, -0.2) is 9.97 Å². The van der Waals surface area contributed by atoms with E-state index in [0.29, 0.717) is 17.8 Å². The minimum absolute atomic E-state index is 0.0590. The summed E-state index contributed by atoms with van der Waals surface area (Å²) in [6, 6.07) is 1.65. The fourth-order valence-electron chi connectivity index (χ4n) is 0.968. The summed E-state index contributed by atoms with van der Waals surface area (Å²) < 4.78 is 4.62. The lowest BCUT2D eigenvalue weighted by atomic mass is 10.4. The van der Waals surface area contributed by atoms with Crippen LogP contribution in [-0.4, -0.2) is 26.4 Å². The lowest BCUT2D eigenvalue weighted by Crippen LogP contribution is -1.91. The van der Waals surface area contributed by atoms with Crippen LogP contribution in [-0.2, 0) is 0 Å². The molecule has 0 atom stereocenters. The quantitative estimate of drug-likeness (QED) is 0.646. The highest BCUT2D eigenvalue weighted by Gasteiger charge is 2.08. The van der Waals surface area contributed by atoms with Gasteiger partial charge >= 0.3 is 0 Å². The molecule has 0 unspecified atom stereocenters. The van der Waals surface area contributed by atoms with Gasteiger partial charge in [0.1, 0.15) is 11.5 Å². The van der Waals surface area contributed by atoms with Crippen LogP contribution in [0.1, 0.15) is 16.5 Å². The van der Waals surface area contributed by atoms with E-state index in [4.69, 9.17) is 0 Å². The molecule has 0 saturated heterocycles. The van der Waals surface area contributed by atoms with E-state index >= 15 is 0 Å². The lowest BCUT2D eigenvalue weighted by Gasteiger charge is -1.93. The summed E-state index contributed by atoms with van der Waals surface area (Å²) in [5.74, 6) is 0.841. The van der Waals surface area contributed by atoms with Crippen LogP contribution < -0.4 is 0 Å². The van der Waals surface area contributed by atoms with Crippen LogP contribution in [0, 0.1) is 6.92 Å². The summed E-state index contributed by atoms with van der Waals surface area (Å²) >= 11 is 0. The monoisotopic (exact) mass is 190 g/mol. The zero-order valence-electron chi connectivity index (χ0n) is 7.34. The number of carbonyl (C=O) groups excluding carboxylic acids is 1. The molecule has 6 heteroatoms. The number of aromatic nitrogens is 4. The van der Waals surface area contributed by atoms with Gasteiger partial charge in [-0.2, -0.15) is 4.98 Å². The highest BCUT2D eigenvalue weighted by molar-refractivity contribution is 5.68. The van der Waals surface area contributed by atoms with Crippen LogP contribution in [0.25, 0.3) is 11.5 Å². The maximum absolute atomic E-state index is 10.3. The fourth-order valence-corrected chi connectivity index (χ4v) is 0.968. The van der Waals surface area contributed by atoms with E-state index in [2.05, 4.69) is 24.6 Å². The molecular weight excluding hydrogens is 184 g/mol. The summed E-state index contributed by atoms with van der Waals surface area (Å²) in [7, 11) is 0. The second-order valence-electron chi connectivity index (χ2n) is 2.56. The van der Waals surface area contributed by atoms with E-state index in [1.54, 1.807) is 19.2 Å². The van der Waals surface area contributed by atoms with Crippen molar-refractivity contribution in [1.82, 2.24) is 20.1 Å². The smallest absolute Gasteiger partial charge is 0.291 e. The van der Waals surface area contributed by atoms with Crippen molar-refractivity contribution in [2.75, 3.05) is 0 Å². The molecule has 0 aromatic carbocycles. The number of nitrogens with zero attached hydrogens (tertiary/aromatic N) is 4. The average molecular weight is 190 g/mol. The van der Waals surface area contributed by atoms with E-state index in [1.165, 1.54) is 0 Å². The Morgan fingerprint density at radius 3 is 2.93 bits per heavy atom. The molecule has 2 rings (SSSR count). The SMILES string of the molecule is Cc1nccc(-c2noc(C=O)n2)n1. The van der Waals surface area contributed by atoms with Crippen molar-refractivity contribution in [3.05, 3.63) is 24.0 Å². The zero-order chi connectivity index (χ0) is 9.97. The Hall–Kier alpha value is -2.11. The van der Waals surface area contributed by atoms with Gasteiger partial charge in [-0.1, -0.05) is 5.16 Å². The first-order valence-corrected chi connectivity index (χ1v) is 3.88. The van der Waals surface area contributed by atoms with Crippen LogP contribution in [0.2, 0.25) is 0 Å². The molecule has 0 amide bonds. The molecule has 0 aliphatic heterocycles. The van der Waals surface area contributed by atoms with E-state index < -0.39 is 0 Å². The zero-order valence-corrected chi connectivity index (χ0v) is 7.34. The Balaban J connectivity index is 2.43. The van der Waals surface area contributed by atoms with E-state index in [-0.39, 0.29) is 11.7 Å². The molecule has 0 aliphatic rings. The number of hydrogen-bond acceptors (Lipinski definition) is 6. The van der Waals surface area contributed by atoms with Crippen LogP contribution in [0.3, 0.4) is 0 Å². The number of hydrogen-bond donors (Lipinski definition) is 0. The third-order valence-corrected chi connectivity index (χ3v) is 1.55. The number of aryl methyl sites for hydroxylation is 1. The summed E-state index contributed by atoms with van der Waals surface area (Å²) in [5.41, 5.74) is 0.536. The first kappa shape index (κ1) is 8.49. The Bertz CT molecular complexity index is 466. The standard InChI is InChI=1S/C8H6N4O2/c1-5-9-3-2-6(10-5)8-11-7(4-13)14-12-8/h2-4H,1H3. The van der Waals surface area contributed by atoms with Crippen molar-refractivity contribution in [3.63, 3.8) is 0 Å². The number of aldehydes is 1. The number of carbonyl (C=O) groups is 1. The van der Waals surface area contributed by atoms with E-state index in [1.807, 2.05) is 0 Å². The van der Waals surface area contributed by atoms with Gasteiger partial charge in [0.25, 0.3) is 5.89 Å². The van der Waals surface area contributed by atoms with Crippen molar-refractivity contribution >= 4 is 6.29 Å². The highest BCUT2D eigenvalue weighted by atomic mass is 16.5. The predicted octanol–water partition coefficient (Wildman–Crippen LogP) is 0.648. The largest absolute Gasteiger partial charge is 0.331 e. The third kappa shape index (κ3) is 1.49. The predicted molar refractivity (Wildman–Crippen MR) is 45.4 cm³/mol. The van der Waals surface area contributed by atoms with Crippen LogP contribution in [0.15, 0.2) is 16.8 Å². The van der Waals surface area contributed by atoms with Gasteiger partial charge in [-0.05, 0) is 13.0 Å². The molecule has 70 valence electrons. The first-order chi connectivity index (χ1) is 6.79. The maximum Gasteiger partial charge on any atom is 0.291 e. The van der Waals surface area contributed by atoms with Crippen molar-refractivity contribution in [2.45, 2.75) is 6.92 Å². The molecule has 0 fully saturated rings. The van der Waals surface area contributed by atoms with Crippen LogP contribution in [0.4, 0.5) is 0 Å². The topological polar surface area (TPSA) is 81.8 Å². The Morgan fingerprint density at radius 1 is 1.43 bits per heavy atom. The minimum atomic E-state index is -0.0590. The fraction of sp³-hybridized carbons (Fsp3) is 0.125. The molecule has 6 nitrogen and oxygen atoms in total. The highest BCUT2D eigenvalue weighted by Crippen LogP contribution is 2.10. The Kier molecular flexibility index (Phi) is 2.02. The molecule has 2 heterocycles. The van der Waals surface area contributed by atoms with Gasteiger partial charge < -0.3 is 4.52 Å². The van der Waals surface area contributed by atoms with Gasteiger partial charge in [0.05, 0.1) is 0 Å². The third-order valence-electron chi connectivity index (χ3n) is 1.55. The molecule has 0 spiro atoms. The van der Waals surface area contributed by atoms with Gasteiger partial charge in [0, 0.05) is 6.20 Å². The molecule has 0 N–H and O–H groups in total. The second-order valence-corrected chi connectivity index (χ2v) is 2.56. The van der Waals surface area contributed by atoms with Gasteiger partial charge in [0.15, 0.2) is 0 Å². The summed E-state index contributed by atoms with van der Waals surface area (Å²) in [6.07, 6.45) is 2.08. The molecule has 2 aromatic rings. The Labute approximate surface area is 79.0 Å². The molecular formula is C8H6N4O2. The van der Waals surface area contributed by atoms with Gasteiger partial charge in [-0.15, -0.1) is 0 Å². The molecule has 0 radical (unpaired) electrons. The second kappa shape index (κ2) is 3.33. The van der Waals surface area contributed by atoms with Crippen molar-refractivity contribution in [3.8, 4) is 11.5 Å².